The van der Waals surface area contributed by atoms with Crippen LogP contribution in [0.5, 0.6) is 0 Å². The predicted octanol–water partition coefficient (Wildman–Crippen LogP) is 1.07. The van der Waals surface area contributed by atoms with Crippen molar-refractivity contribution in [2.24, 2.45) is 5.73 Å². The summed E-state index contributed by atoms with van der Waals surface area (Å²) in [5.41, 5.74) is 3.93. The van der Waals surface area contributed by atoms with Crippen LogP contribution in [0.4, 0.5) is 8.78 Å². The molecule has 2 N–H and O–H groups in total. The van der Waals surface area contributed by atoms with Crippen molar-refractivity contribution in [1.82, 2.24) is 0 Å². The highest BCUT2D eigenvalue weighted by Gasteiger charge is 2.47. The van der Waals surface area contributed by atoms with Gasteiger partial charge in [0.1, 0.15) is 5.60 Å². The number of hydrogen-bond acceptors (Lipinski definition) is 2. The standard InChI is InChI=1S/C8H13F2NO2/c1-13-7(6(11)12)2-4-8(9,10)5-3-7/h2-5H2,1H3,(H2,11,12). The van der Waals surface area contributed by atoms with E-state index in [9.17, 15) is 13.6 Å². The Morgan fingerprint density at radius 1 is 1.31 bits per heavy atom. The number of carbonyl (C=O) groups excluding carboxylic acids is 1. The van der Waals surface area contributed by atoms with Crippen LogP contribution in [0, 0.1) is 0 Å². The topological polar surface area (TPSA) is 52.3 Å². The van der Waals surface area contributed by atoms with Crippen molar-refractivity contribution in [3.63, 3.8) is 0 Å². The van der Waals surface area contributed by atoms with E-state index >= 15 is 0 Å². The first kappa shape index (κ1) is 10.4. The lowest BCUT2D eigenvalue weighted by molar-refractivity contribution is -0.156. The Hall–Kier alpha value is -0.710. The van der Waals surface area contributed by atoms with Crippen LogP contribution < -0.4 is 5.73 Å². The number of methoxy groups -OCH3 is 1. The zero-order valence-electron chi connectivity index (χ0n) is 7.48. The number of primary amides is 1. The Bertz CT molecular complexity index is 208. The molecule has 1 fully saturated rings. The van der Waals surface area contributed by atoms with E-state index in [2.05, 4.69) is 0 Å². The molecule has 1 amide bonds. The highest BCUT2D eigenvalue weighted by Crippen LogP contribution is 2.39. The van der Waals surface area contributed by atoms with E-state index in [0.29, 0.717) is 0 Å². The molecule has 5 heteroatoms. The van der Waals surface area contributed by atoms with Crippen molar-refractivity contribution in [1.29, 1.82) is 0 Å². The summed E-state index contributed by atoms with van der Waals surface area (Å²) in [4.78, 5) is 11.0. The summed E-state index contributed by atoms with van der Waals surface area (Å²) in [6.45, 7) is 0. The third-order valence-electron chi connectivity index (χ3n) is 2.63. The van der Waals surface area contributed by atoms with Gasteiger partial charge in [-0.1, -0.05) is 0 Å². The quantitative estimate of drug-likeness (QED) is 0.713. The van der Waals surface area contributed by atoms with Gasteiger partial charge in [-0.3, -0.25) is 4.79 Å². The van der Waals surface area contributed by atoms with Gasteiger partial charge < -0.3 is 10.5 Å². The molecule has 76 valence electrons. The van der Waals surface area contributed by atoms with Crippen LogP contribution in [0.1, 0.15) is 25.7 Å². The molecule has 0 radical (unpaired) electrons. The number of halogens is 2. The molecule has 0 heterocycles. The molecular formula is C8H13F2NO2. The van der Waals surface area contributed by atoms with Crippen LogP contribution in [0.2, 0.25) is 0 Å². The number of rotatable bonds is 2. The van der Waals surface area contributed by atoms with E-state index in [4.69, 9.17) is 10.5 Å². The van der Waals surface area contributed by atoms with Gasteiger partial charge in [-0.2, -0.15) is 0 Å². The number of alkyl halides is 2. The molecule has 3 nitrogen and oxygen atoms in total. The lowest BCUT2D eigenvalue weighted by Gasteiger charge is -2.36. The van der Waals surface area contributed by atoms with E-state index in [1.54, 1.807) is 0 Å². The van der Waals surface area contributed by atoms with Crippen LogP contribution in [0.25, 0.3) is 0 Å². The molecule has 0 spiro atoms. The van der Waals surface area contributed by atoms with Crippen molar-refractivity contribution >= 4 is 5.91 Å². The van der Waals surface area contributed by atoms with Crippen LogP contribution in [-0.2, 0) is 9.53 Å². The van der Waals surface area contributed by atoms with Gasteiger partial charge in [-0.25, -0.2) is 8.78 Å². The SMILES string of the molecule is COC1(C(N)=O)CCC(F)(F)CC1. The number of carbonyl (C=O) groups is 1. The van der Waals surface area contributed by atoms with Crippen LogP contribution in [0.3, 0.4) is 0 Å². The first-order chi connectivity index (χ1) is 5.92. The molecule has 1 rings (SSSR count). The molecule has 1 saturated carbocycles. The van der Waals surface area contributed by atoms with Gasteiger partial charge in [0.05, 0.1) is 0 Å². The van der Waals surface area contributed by atoms with Gasteiger partial charge >= 0.3 is 0 Å². The van der Waals surface area contributed by atoms with Crippen LogP contribution in [0.15, 0.2) is 0 Å². The second-order valence-electron chi connectivity index (χ2n) is 3.42. The maximum atomic E-state index is 12.7. The van der Waals surface area contributed by atoms with Gasteiger partial charge in [0.25, 0.3) is 0 Å². The molecule has 13 heavy (non-hydrogen) atoms. The highest BCUT2D eigenvalue weighted by molar-refractivity contribution is 5.83. The number of ether oxygens (including phenoxy) is 1. The Balaban J connectivity index is 2.69. The highest BCUT2D eigenvalue weighted by atomic mass is 19.3. The fraction of sp³-hybridized carbons (Fsp3) is 0.875. The molecule has 0 aromatic carbocycles. The molecule has 1 aliphatic carbocycles. The maximum absolute atomic E-state index is 12.7. The van der Waals surface area contributed by atoms with Crippen LogP contribution >= 0.6 is 0 Å². The molecule has 0 aromatic rings. The molecule has 0 atom stereocenters. The Kier molecular flexibility index (Phi) is 2.56. The van der Waals surface area contributed by atoms with Gasteiger partial charge in [-0.05, 0) is 12.8 Å². The maximum Gasteiger partial charge on any atom is 0.249 e. The van der Waals surface area contributed by atoms with Crippen LogP contribution in [-0.4, -0.2) is 24.5 Å². The average Bonchev–Trinajstić information content (AvgIpc) is 2.05. The lowest BCUT2D eigenvalue weighted by Crippen LogP contribution is -2.50. The van der Waals surface area contributed by atoms with Gasteiger partial charge in [0.15, 0.2) is 0 Å². The van der Waals surface area contributed by atoms with E-state index in [1.807, 2.05) is 0 Å². The Morgan fingerprint density at radius 3 is 2.08 bits per heavy atom. The zero-order valence-corrected chi connectivity index (χ0v) is 7.48. The molecule has 0 saturated heterocycles. The number of hydrogen-bond donors (Lipinski definition) is 1. The summed E-state index contributed by atoms with van der Waals surface area (Å²) in [6, 6.07) is 0. The minimum absolute atomic E-state index is 0.00579. The second-order valence-corrected chi connectivity index (χ2v) is 3.42. The first-order valence-corrected chi connectivity index (χ1v) is 4.15. The third-order valence-corrected chi connectivity index (χ3v) is 2.63. The molecule has 0 unspecified atom stereocenters. The van der Waals surface area contributed by atoms with Crippen molar-refractivity contribution in [2.75, 3.05) is 7.11 Å². The molecule has 1 aliphatic rings. The summed E-state index contributed by atoms with van der Waals surface area (Å²) in [5.74, 6) is -3.32. The molecule has 0 aliphatic heterocycles. The monoisotopic (exact) mass is 193 g/mol. The fourth-order valence-electron chi connectivity index (χ4n) is 1.57. The smallest absolute Gasteiger partial charge is 0.249 e. The summed E-state index contributed by atoms with van der Waals surface area (Å²) < 4.78 is 30.4. The fourth-order valence-corrected chi connectivity index (χ4v) is 1.57. The number of nitrogens with two attached hydrogens (primary N) is 1. The second kappa shape index (κ2) is 3.21. The summed E-state index contributed by atoms with van der Waals surface area (Å²) in [6.07, 6.45) is -0.648. The Morgan fingerprint density at radius 2 is 1.77 bits per heavy atom. The van der Waals surface area contributed by atoms with Gasteiger partial charge in [0.2, 0.25) is 11.8 Å². The minimum atomic E-state index is -2.67. The van der Waals surface area contributed by atoms with E-state index in [0.717, 1.165) is 0 Å². The summed E-state index contributed by atoms with van der Waals surface area (Å²) >= 11 is 0. The molecule has 0 aromatic heterocycles. The lowest BCUT2D eigenvalue weighted by atomic mass is 9.82. The normalized spacial score (nSPS) is 25.5. The van der Waals surface area contributed by atoms with Crippen molar-refractivity contribution < 1.29 is 18.3 Å². The predicted molar refractivity (Wildman–Crippen MR) is 42.3 cm³/mol. The van der Waals surface area contributed by atoms with Crippen molar-refractivity contribution in [3.8, 4) is 0 Å². The Labute approximate surface area is 75.2 Å². The third kappa shape index (κ3) is 1.96. The molecule has 0 bridgehead atoms. The van der Waals surface area contributed by atoms with Crippen molar-refractivity contribution in [3.05, 3.63) is 0 Å². The average molecular weight is 193 g/mol. The summed E-state index contributed by atoms with van der Waals surface area (Å²) in [7, 11) is 1.33. The number of amides is 1. The van der Waals surface area contributed by atoms with E-state index < -0.39 is 17.4 Å². The molecular weight excluding hydrogens is 180 g/mol. The van der Waals surface area contributed by atoms with E-state index in [-0.39, 0.29) is 25.7 Å². The summed E-state index contributed by atoms with van der Waals surface area (Å²) in [5, 5.41) is 0. The zero-order chi connectivity index (χ0) is 10.1. The largest absolute Gasteiger partial charge is 0.368 e. The van der Waals surface area contributed by atoms with Gasteiger partial charge in [-0.15, -0.1) is 0 Å². The minimum Gasteiger partial charge on any atom is -0.368 e. The van der Waals surface area contributed by atoms with Gasteiger partial charge in [0, 0.05) is 20.0 Å². The first-order valence-electron chi connectivity index (χ1n) is 4.15. The van der Waals surface area contributed by atoms with Crippen molar-refractivity contribution in [2.45, 2.75) is 37.2 Å². The van der Waals surface area contributed by atoms with E-state index in [1.165, 1.54) is 7.11 Å².